The van der Waals surface area contributed by atoms with Crippen LogP contribution in [0, 0.1) is 0 Å². The van der Waals surface area contributed by atoms with Crippen LogP contribution in [0.15, 0.2) is 30.3 Å². The summed E-state index contributed by atoms with van der Waals surface area (Å²) < 4.78 is 0. The first-order valence-electron chi connectivity index (χ1n) is 7.28. The maximum absolute atomic E-state index is 12.7. The molecular formula is C16H25N3O. The molecule has 1 fully saturated rings. The summed E-state index contributed by atoms with van der Waals surface area (Å²) in [5.74, 6) is 0.190. The summed E-state index contributed by atoms with van der Waals surface area (Å²) in [5.41, 5.74) is 1.05. The molecule has 3 unspecified atom stereocenters. The van der Waals surface area contributed by atoms with E-state index in [9.17, 15) is 4.79 Å². The summed E-state index contributed by atoms with van der Waals surface area (Å²) in [4.78, 5) is 16.8. The van der Waals surface area contributed by atoms with Crippen LogP contribution in [0.1, 0.15) is 31.9 Å². The molecule has 110 valence electrons. The van der Waals surface area contributed by atoms with Crippen molar-refractivity contribution in [2.24, 2.45) is 0 Å². The molecule has 0 aliphatic carbocycles. The lowest BCUT2D eigenvalue weighted by Crippen LogP contribution is -2.42. The van der Waals surface area contributed by atoms with Gasteiger partial charge in [0.05, 0.1) is 6.17 Å². The van der Waals surface area contributed by atoms with Gasteiger partial charge in [-0.05, 0) is 46.5 Å². The minimum atomic E-state index is -0.201. The van der Waals surface area contributed by atoms with Gasteiger partial charge in [0.15, 0.2) is 0 Å². The number of rotatable bonds is 5. The lowest BCUT2D eigenvalue weighted by atomic mass is 10.1. The number of nitrogens with one attached hydrogen (secondary N) is 1. The second-order valence-electron chi connectivity index (χ2n) is 5.87. The predicted molar refractivity (Wildman–Crippen MR) is 81.3 cm³/mol. The number of nitrogens with zero attached hydrogens (tertiary/aromatic N) is 2. The Bertz CT molecular complexity index is 446. The summed E-state index contributed by atoms with van der Waals surface area (Å²) in [6.45, 7) is 5.19. The Hall–Kier alpha value is -1.39. The van der Waals surface area contributed by atoms with Crippen molar-refractivity contribution in [3.8, 4) is 0 Å². The molecule has 1 aliphatic heterocycles. The highest BCUT2D eigenvalue weighted by atomic mass is 16.2. The lowest BCUT2D eigenvalue weighted by molar-refractivity contribution is -0.132. The van der Waals surface area contributed by atoms with E-state index in [4.69, 9.17) is 0 Å². The molecule has 0 radical (unpaired) electrons. The largest absolute Gasteiger partial charge is 0.323 e. The van der Waals surface area contributed by atoms with Gasteiger partial charge in [-0.3, -0.25) is 10.1 Å². The maximum atomic E-state index is 12.7. The van der Waals surface area contributed by atoms with E-state index >= 15 is 0 Å². The molecular weight excluding hydrogens is 250 g/mol. The van der Waals surface area contributed by atoms with E-state index in [1.165, 1.54) is 0 Å². The van der Waals surface area contributed by atoms with Crippen LogP contribution in [0.4, 0.5) is 0 Å². The van der Waals surface area contributed by atoms with Gasteiger partial charge >= 0.3 is 0 Å². The van der Waals surface area contributed by atoms with E-state index in [-0.39, 0.29) is 24.2 Å². The summed E-state index contributed by atoms with van der Waals surface area (Å²) >= 11 is 0. The molecule has 2 rings (SSSR count). The summed E-state index contributed by atoms with van der Waals surface area (Å²) in [6.07, 6.45) is 1.08. The van der Waals surface area contributed by atoms with Crippen LogP contribution in [-0.2, 0) is 4.79 Å². The highest BCUT2D eigenvalue weighted by Gasteiger charge is 2.39. The average Bonchev–Trinajstić information content (AvgIpc) is 2.72. The molecule has 0 saturated carbocycles. The Morgan fingerprint density at radius 3 is 2.55 bits per heavy atom. The third-order valence-corrected chi connectivity index (χ3v) is 3.93. The summed E-state index contributed by atoms with van der Waals surface area (Å²) in [7, 11) is 4.12. The van der Waals surface area contributed by atoms with Crippen LogP contribution < -0.4 is 5.32 Å². The standard InChI is InChI=1S/C16H25N3O/c1-12(10-11-18(3)4)19-13(2)17-15(16(19)20)14-8-6-5-7-9-14/h5-9,12-13,15,17H,10-11H2,1-4H3. The van der Waals surface area contributed by atoms with Crippen LogP contribution in [0.3, 0.4) is 0 Å². The van der Waals surface area contributed by atoms with E-state index in [1.807, 2.05) is 35.2 Å². The molecule has 4 heteroatoms. The first-order valence-corrected chi connectivity index (χ1v) is 7.28. The molecule has 1 aliphatic rings. The Morgan fingerprint density at radius 1 is 1.30 bits per heavy atom. The van der Waals surface area contributed by atoms with Gasteiger partial charge in [-0.25, -0.2) is 0 Å². The molecule has 1 aromatic rings. The summed E-state index contributed by atoms with van der Waals surface area (Å²) in [6, 6.07) is 10.0. The van der Waals surface area contributed by atoms with Gasteiger partial charge in [0.25, 0.3) is 0 Å². The van der Waals surface area contributed by atoms with Crippen LogP contribution in [-0.4, -0.2) is 48.6 Å². The van der Waals surface area contributed by atoms with Gasteiger partial charge in [0, 0.05) is 6.04 Å². The van der Waals surface area contributed by atoms with Crippen molar-refractivity contribution < 1.29 is 4.79 Å². The Kier molecular flexibility index (Phi) is 4.78. The minimum Gasteiger partial charge on any atom is -0.323 e. The van der Waals surface area contributed by atoms with E-state index in [0.717, 1.165) is 18.5 Å². The number of benzene rings is 1. The first kappa shape index (κ1) is 15.0. The number of carbonyl (C=O) groups excluding carboxylic acids is 1. The van der Waals surface area contributed by atoms with Crippen LogP contribution in [0.2, 0.25) is 0 Å². The van der Waals surface area contributed by atoms with Crippen molar-refractivity contribution in [2.45, 2.75) is 38.5 Å². The SMILES string of the molecule is CC(CCN(C)C)N1C(=O)C(c2ccccc2)NC1C. The van der Waals surface area contributed by atoms with Gasteiger partial charge < -0.3 is 9.80 Å². The molecule has 0 aromatic heterocycles. The van der Waals surface area contributed by atoms with Crippen LogP contribution >= 0.6 is 0 Å². The molecule has 4 nitrogen and oxygen atoms in total. The zero-order valence-corrected chi connectivity index (χ0v) is 12.8. The number of amides is 1. The zero-order valence-electron chi connectivity index (χ0n) is 12.8. The summed E-state index contributed by atoms with van der Waals surface area (Å²) in [5, 5.41) is 3.40. The van der Waals surface area contributed by atoms with E-state index in [2.05, 4.69) is 38.2 Å². The van der Waals surface area contributed by atoms with E-state index in [0.29, 0.717) is 0 Å². The average molecular weight is 275 g/mol. The lowest BCUT2D eigenvalue weighted by Gasteiger charge is -2.29. The zero-order chi connectivity index (χ0) is 14.7. The van der Waals surface area contributed by atoms with Gasteiger partial charge in [-0.2, -0.15) is 0 Å². The normalized spacial score (nSPS) is 24.4. The quantitative estimate of drug-likeness (QED) is 0.891. The fourth-order valence-electron chi connectivity index (χ4n) is 2.80. The number of hydrogen-bond donors (Lipinski definition) is 1. The van der Waals surface area contributed by atoms with E-state index in [1.54, 1.807) is 0 Å². The Morgan fingerprint density at radius 2 is 1.95 bits per heavy atom. The van der Waals surface area contributed by atoms with Gasteiger partial charge in [-0.1, -0.05) is 30.3 Å². The fourth-order valence-corrected chi connectivity index (χ4v) is 2.80. The molecule has 1 heterocycles. The second-order valence-corrected chi connectivity index (χ2v) is 5.87. The molecule has 1 amide bonds. The van der Waals surface area contributed by atoms with Crippen LogP contribution in [0.25, 0.3) is 0 Å². The van der Waals surface area contributed by atoms with Gasteiger partial charge in [-0.15, -0.1) is 0 Å². The highest BCUT2D eigenvalue weighted by Crippen LogP contribution is 2.26. The van der Waals surface area contributed by atoms with Gasteiger partial charge in [0.2, 0.25) is 5.91 Å². The van der Waals surface area contributed by atoms with Gasteiger partial charge in [0.1, 0.15) is 6.04 Å². The van der Waals surface area contributed by atoms with Crippen LogP contribution in [0.5, 0.6) is 0 Å². The number of carbonyl (C=O) groups is 1. The second kappa shape index (κ2) is 6.37. The molecule has 3 atom stereocenters. The van der Waals surface area contributed by atoms with E-state index < -0.39 is 0 Å². The van der Waals surface area contributed by atoms with Crippen molar-refractivity contribution in [2.75, 3.05) is 20.6 Å². The predicted octanol–water partition coefficient (Wildman–Crippen LogP) is 1.85. The fraction of sp³-hybridized carbons (Fsp3) is 0.562. The van der Waals surface area contributed by atoms with Crippen molar-refractivity contribution in [1.82, 2.24) is 15.1 Å². The number of hydrogen-bond acceptors (Lipinski definition) is 3. The molecule has 1 aromatic carbocycles. The molecule has 1 N–H and O–H groups in total. The first-order chi connectivity index (χ1) is 9.50. The minimum absolute atomic E-state index is 0.0878. The molecule has 0 bridgehead atoms. The highest BCUT2D eigenvalue weighted by molar-refractivity contribution is 5.85. The third-order valence-electron chi connectivity index (χ3n) is 3.93. The molecule has 20 heavy (non-hydrogen) atoms. The molecule has 1 saturated heterocycles. The topological polar surface area (TPSA) is 35.6 Å². The van der Waals surface area contributed by atoms with Crippen molar-refractivity contribution in [1.29, 1.82) is 0 Å². The van der Waals surface area contributed by atoms with Crippen molar-refractivity contribution >= 4 is 5.91 Å². The van der Waals surface area contributed by atoms with Crippen molar-refractivity contribution in [3.05, 3.63) is 35.9 Å². The molecule has 0 spiro atoms. The smallest absolute Gasteiger partial charge is 0.245 e. The van der Waals surface area contributed by atoms with Crippen molar-refractivity contribution in [3.63, 3.8) is 0 Å². The maximum Gasteiger partial charge on any atom is 0.245 e. The third kappa shape index (κ3) is 3.19. The Labute approximate surface area is 121 Å². The Balaban J connectivity index is 2.07. The monoisotopic (exact) mass is 275 g/mol.